The molecule has 0 heterocycles. The molecule has 0 radical (unpaired) electrons. The highest BCUT2D eigenvalue weighted by Gasteiger charge is 2.20. The second-order valence-corrected chi connectivity index (χ2v) is 5.14. The van der Waals surface area contributed by atoms with Crippen LogP contribution in [-0.4, -0.2) is 26.0 Å². The zero-order chi connectivity index (χ0) is 15.2. The van der Waals surface area contributed by atoms with Crippen LogP contribution < -0.4 is 9.64 Å². The fraction of sp³-hybridized carbons (Fsp3) is 0.278. The summed E-state index contributed by atoms with van der Waals surface area (Å²) < 4.78 is 5.89. The maximum Gasteiger partial charge on any atom is 0.203 e. The molecule has 0 amide bonds. The Hall–Kier alpha value is -2.29. The molecule has 0 saturated heterocycles. The van der Waals surface area contributed by atoms with E-state index >= 15 is 0 Å². The van der Waals surface area contributed by atoms with Gasteiger partial charge in [0.25, 0.3) is 0 Å². The van der Waals surface area contributed by atoms with Crippen molar-refractivity contribution >= 4 is 11.5 Å². The van der Waals surface area contributed by atoms with Crippen LogP contribution in [0.2, 0.25) is 0 Å². The van der Waals surface area contributed by atoms with Gasteiger partial charge < -0.3 is 9.64 Å². The van der Waals surface area contributed by atoms with Crippen LogP contribution in [0.4, 0.5) is 5.69 Å². The maximum absolute atomic E-state index is 12.5. The summed E-state index contributed by atoms with van der Waals surface area (Å²) in [5.41, 5.74) is 1.74. The van der Waals surface area contributed by atoms with Gasteiger partial charge in [0.05, 0.1) is 0 Å². The molecule has 2 rings (SSSR count). The highest BCUT2D eigenvalue weighted by atomic mass is 16.5. The van der Waals surface area contributed by atoms with Crippen molar-refractivity contribution in [1.82, 2.24) is 0 Å². The number of benzene rings is 2. The van der Waals surface area contributed by atoms with Crippen LogP contribution in [0.25, 0.3) is 0 Å². The zero-order valence-corrected chi connectivity index (χ0v) is 12.7. The number of anilines is 1. The standard InChI is InChI=1S/C18H21NO2/c1-4-17(18(20)14-9-6-5-7-10-14)21-16-12-8-11-15(13-16)19(2)3/h5-13,17H,4H2,1-3H3. The largest absolute Gasteiger partial charge is 0.482 e. The van der Waals surface area contributed by atoms with E-state index < -0.39 is 6.10 Å². The molecule has 0 aliphatic carbocycles. The zero-order valence-electron chi connectivity index (χ0n) is 12.7. The molecule has 0 N–H and O–H groups in total. The summed E-state index contributed by atoms with van der Waals surface area (Å²) in [5, 5.41) is 0. The quantitative estimate of drug-likeness (QED) is 0.755. The normalized spacial score (nSPS) is 11.8. The predicted molar refractivity (Wildman–Crippen MR) is 86.2 cm³/mol. The summed E-state index contributed by atoms with van der Waals surface area (Å²) >= 11 is 0. The lowest BCUT2D eigenvalue weighted by atomic mass is 10.0. The molecule has 2 aromatic rings. The molecule has 0 aliphatic rings. The number of ether oxygens (including phenoxy) is 1. The average Bonchev–Trinajstić information content (AvgIpc) is 2.53. The molecule has 0 fully saturated rings. The first kappa shape index (κ1) is 15.1. The summed E-state index contributed by atoms with van der Waals surface area (Å²) in [5.74, 6) is 0.741. The van der Waals surface area contributed by atoms with E-state index in [0.29, 0.717) is 12.0 Å². The van der Waals surface area contributed by atoms with Crippen molar-refractivity contribution in [1.29, 1.82) is 0 Å². The van der Waals surface area contributed by atoms with Crippen LogP contribution in [0.3, 0.4) is 0 Å². The minimum absolute atomic E-state index is 0.0216. The second-order valence-electron chi connectivity index (χ2n) is 5.14. The molecule has 3 heteroatoms. The molecule has 2 aromatic carbocycles. The van der Waals surface area contributed by atoms with Gasteiger partial charge in [-0.05, 0) is 18.6 Å². The minimum Gasteiger partial charge on any atom is -0.482 e. The van der Waals surface area contributed by atoms with Crippen molar-refractivity contribution in [2.24, 2.45) is 0 Å². The smallest absolute Gasteiger partial charge is 0.203 e. The molecular weight excluding hydrogens is 262 g/mol. The number of carbonyl (C=O) groups excluding carboxylic acids is 1. The molecule has 0 aromatic heterocycles. The van der Waals surface area contributed by atoms with Crippen LogP contribution in [0.1, 0.15) is 23.7 Å². The molecule has 21 heavy (non-hydrogen) atoms. The Balaban J connectivity index is 2.16. The Bertz CT molecular complexity index is 593. The van der Waals surface area contributed by atoms with Crippen LogP contribution in [0.5, 0.6) is 5.75 Å². The Morgan fingerprint density at radius 2 is 1.81 bits per heavy atom. The van der Waals surface area contributed by atoms with Crippen LogP contribution in [-0.2, 0) is 0 Å². The van der Waals surface area contributed by atoms with Crippen molar-refractivity contribution in [2.45, 2.75) is 19.4 Å². The van der Waals surface area contributed by atoms with Gasteiger partial charge in [-0.15, -0.1) is 0 Å². The monoisotopic (exact) mass is 283 g/mol. The fourth-order valence-electron chi connectivity index (χ4n) is 2.11. The summed E-state index contributed by atoms with van der Waals surface area (Å²) in [6.07, 6.45) is 0.185. The summed E-state index contributed by atoms with van der Waals surface area (Å²) in [6, 6.07) is 17.1. The van der Waals surface area contributed by atoms with Gasteiger partial charge in [-0.25, -0.2) is 0 Å². The van der Waals surface area contributed by atoms with E-state index in [1.165, 1.54) is 0 Å². The van der Waals surface area contributed by atoms with Crippen molar-refractivity contribution in [2.75, 3.05) is 19.0 Å². The lowest BCUT2D eigenvalue weighted by molar-refractivity contribution is 0.0786. The Morgan fingerprint density at radius 1 is 1.10 bits per heavy atom. The van der Waals surface area contributed by atoms with Gasteiger partial charge in [-0.2, -0.15) is 0 Å². The lowest BCUT2D eigenvalue weighted by Crippen LogP contribution is -2.26. The lowest BCUT2D eigenvalue weighted by Gasteiger charge is -2.18. The van der Waals surface area contributed by atoms with E-state index in [-0.39, 0.29) is 5.78 Å². The van der Waals surface area contributed by atoms with Gasteiger partial charge in [0.15, 0.2) is 6.10 Å². The number of rotatable bonds is 6. The van der Waals surface area contributed by atoms with Gasteiger partial charge in [-0.1, -0.05) is 43.3 Å². The molecule has 1 atom stereocenters. The first-order valence-electron chi connectivity index (χ1n) is 7.15. The van der Waals surface area contributed by atoms with Crippen molar-refractivity contribution in [3.05, 3.63) is 60.2 Å². The third-order valence-corrected chi connectivity index (χ3v) is 3.33. The van der Waals surface area contributed by atoms with E-state index in [0.717, 1.165) is 11.4 Å². The molecule has 0 saturated carbocycles. The number of carbonyl (C=O) groups is 1. The number of hydrogen-bond acceptors (Lipinski definition) is 3. The molecule has 0 bridgehead atoms. The summed E-state index contributed by atoms with van der Waals surface area (Å²) in [6.45, 7) is 1.96. The van der Waals surface area contributed by atoms with E-state index in [1.54, 1.807) is 0 Å². The fourth-order valence-corrected chi connectivity index (χ4v) is 2.11. The van der Waals surface area contributed by atoms with Gasteiger partial charge in [-0.3, -0.25) is 4.79 Å². The van der Waals surface area contributed by atoms with Crippen LogP contribution >= 0.6 is 0 Å². The molecule has 1 unspecified atom stereocenters. The number of Topliss-reactive ketones (excluding diaryl/α,β-unsaturated/α-hetero) is 1. The Kier molecular flexibility index (Phi) is 4.99. The van der Waals surface area contributed by atoms with E-state index in [2.05, 4.69) is 0 Å². The molecular formula is C18H21NO2. The maximum atomic E-state index is 12.5. The van der Waals surface area contributed by atoms with Gasteiger partial charge in [0.1, 0.15) is 5.75 Å². The average molecular weight is 283 g/mol. The Morgan fingerprint density at radius 3 is 2.43 bits per heavy atom. The highest BCUT2D eigenvalue weighted by Crippen LogP contribution is 2.22. The van der Waals surface area contributed by atoms with Gasteiger partial charge in [0, 0.05) is 31.4 Å². The number of ketones is 1. The highest BCUT2D eigenvalue weighted by molar-refractivity contribution is 5.99. The summed E-state index contributed by atoms with van der Waals surface area (Å²) in [4.78, 5) is 14.5. The predicted octanol–water partition coefficient (Wildman–Crippen LogP) is 3.79. The van der Waals surface area contributed by atoms with Gasteiger partial charge >= 0.3 is 0 Å². The third kappa shape index (κ3) is 3.85. The first-order valence-corrected chi connectivity index (χ1v) is 7.15. The summed E-state index contributed by atoms with van der Waals surface area (Å²) in [7, 11) is 3.96. The number of nitrogens with zero attached hydrogens (tertiary/aromatic N) is 1. The topological polar surface area (TPSA) is 29.5 Å². The van der Waals surface area contributed by atoms with Crippen molar-refractivity contribution in [3.8, 4) is 5.75 Å². The van der Waals surface area contributed by atoms with E-state index in [4.69, 9.17) is 4.74 Å². The van der Waals surface area contributed by atoms with Crippen LogP contribution in [0.15, 0.2) is 54.6 Å². The SMILES string of the molecule is CCC(Oc1cccc(N(C)C)c1)C(=O)c1ccccc1. The van der Waals surface area contributed by atoms with Gasteiger partial charge in [0.2, 0.25) is 5.78 Å². The Labute approximate surface area is 126 Å². The number of hydrogen-bond donors (Lipinski definition) is 0. The molecule has 0 aliphatic heterocycles. The van der Waals surface area contributed by atoms with E-state index in [9.17, 15) is 4.79 Å². The molecule has 110 valence electrons. The second kappa shape index (κ2) is 6.93. The van der Waals surface area contributed by atoms with E-state index in [1.807, 2.05) is 80.5 Å². The molecule has 0 spiro atoms. The third-order valence-electron chi connectivity index (χ3n) is 3.33. The first-order chi connectivity index (χ1) is 10.1. The van der Waals surface area contributed by atoms with Crippen molar-refractivity contribution < 1.29 is 9.53 Å². The van der Waals surface area contributed by atoms with Crippen molar-refractivity contribution in [3.63, 3.8) is 0 Å². The molecule has 3 nitrogen and oxygen atoms in total. The van der Waals surface area contributed by atoms with Crippen LogP contribution in [0, 0.1) is 0 Å². The minimum atomic E-state index is -0.454.